The molecule has 1 aromatic rings. The number of hydrogen-bond acceptors (Lipinski definition) is 6. The predicted octanol–water partition coefficient (Wildman–Crippen LogP) is 0.364. The molecular weight excluding hydrogens is 300 g/mol. The van der Waals surface area contributed by atoms with Crippen molar-refractivity contribution in [3.8, 4) is 0 Å². The van der Waals surface area contributed by atoms with Gasteiger partial charge in [-0.15, -0.1) is 0 Å². The van der Waals surface area contributed by atoms with Crippen molar-refractivity contribution in [2.75, 3.05) is 27.3 Å². The number of nitro benzene ring substituents is 1. The Bertz CT molecular complexity index is 572. The summed E-state index contributed by atoms with van der Waals surface area (Å²) in [5, 5.41) is 20.1. The summed E-state index contributed by atoms with van der Waals surface area (Å²) in [4.78, 5) is 9.98. The van der Waals surface area contributed by atoms with Crippen LogP contribution in [0.4, 0.5) is 5.69 Å². The largest absolute Gasteiger partial charge is 0.389 e. The molecule has 8 nitrogen and oxygen atoms in total. The van der Waals surface area contributed by atoms with Crippen LogP contribution in [0.3, 0.4) is 0 Å². The van der Waals surface area contributed by atoms with Crippen molar-refractivity contribution >= 4 is 15.7 Å². The lowest BCUT2D eigenvalue weighted by Crippen LogP contribution is -2.36. The van der Waals surface area contributed by atoms with Gasteiger partial charge in [0.05, 0.1) is 23.4 Å². The van der Waals surface area contributed by atoms with Crippen LogP contribution in [-0.2, 0) is 20.5 Å². The van der Waals surface area contributed by atoms with Crippen LogP contribution < -0.4 is 0 Å². The van der Waals surface area contributed by atoms with Gasteiger partial charge in [0.2, 0.25) is 10.0 Å². The molecule has 0 bridgehead atoms. The first kappa shape index (κ1) is 17.5. The summed E-state index contributed by atoms with van der Waals surface area (Å²) in [6.07, 6.45) is -0.911. The third kappa shape index (κ3) is 5.38. The van der Waals surface area contributed by atoms with Crippen LogP contribution in [0.15, 0.2) is 24.3 Å². The first-order chi connectivity index (χ1) is 9.76. The van der Waals surface area contributed by atoms with Gasteiger partial charge in [0.1, 0.15) is 0 Å². The van der Waals surface area contributed by atoms with E-state index in [2.05, 4.69) is 0 Å². The zero-order valence-electron chi connectivity index (χ0n) is 11.8. The summed E-state index contributed by atoms with van der Waals surface area (Å²) in [5.74, 6) is -0.290. The quantitative estimate of drug-likeness (QED) is 0.547. The van der Waals surface area contributed by atoms with E-state index in [1.807, 2.05) is 0 Å². The number of benzene rings is 1. The van der Waals surface area contributed by atoms with E-state index in [1.165, 1.54) is 38.4 Å². The van der Waals surface area contributed by atoms with E-state index in [4.69, 9.17) is 4.74 Å². The number of nitrogens with zero attached hydrogens (tertiary/aromatic N) is 2. The van der Waals surface area contributed by atoms with Crippen molar-refractivity contribution in [1.82, 2.24) is 4.31 Å². The van der Waals surface area contributed by atoms with Crippen molar-refractivity contribution in [2.24, 2.45) is 0 Å². The third-order valence-corrected chi connectivity index (χ3v) is 4.59. The maximum Gasteiger partial charge on any atom is 0.269 e. The van der Waals surface area contributed by atoms with Gasteiger partial charge in [-0.05, 0) is 5.56 Å². The zero-order valence-corrected chi connectivity index (χ0v) is 12.6. The Morgan fingerprint density at radius 2 is 1.95 bits per heavy atom. The number of aliphatic hydroxyl groups excluding tert-OH is 1. The number of sulfonamides is 1. The van der Waals surface area contributed by atoms with Crippen LogP contribution in [0.25, 0.3) is 0 Å². The highest BCUT2D eigenvalue weighted by Crippen LogP contribution is 2.15. The van der Waals surface area contributed by atoms with E-state index in [9.17, 15) is 23.6 Å². The SMILES string of the molecule is COCC(O)CN(C)S(=O)(=O)Cc1ccc([N+](=O)[O-])cc1. The highest BCUT2D eigenvalue weighted by Gasteiger charge is 2.21. The maximum atomic E-state index is 12.1. The molecule has 0 aliphatic heterocycles. The summed E-state index contributed by atoms with van der Waals surface area (Å²) < 4.78 is 30.0. The molecule has 1 unspecified atom stereocenters. The molecular formula is C12H18N2O6S. The molecule has 0 fully saturated rings. The molecule has 0 amide bonds. The summed E-state index contributed by atoms with van der Waals surface area (Å²) in [7, 11) is -0.840. The van der Waals surface area contributed by atoms with Gasteiger partial charge >= 0.3 is 0 Å². The predicted molar refractivity (Wildman–Crippen MR) is 76.2 cm³/mol. The normalized spacial score (nSPS) is 13.3. The van der Waals surface area contributed by atoms with Crippen molar-refractivity contribution in [1.29, 1.82) is 0 Å². The minimum atomic E-state index is -3.61. The van der Waals surface area contributed by atoms with E-state index >= 15 is 0 Å². The number of aliphatic hydroxyl groups is 1. The number of methoxy groups -OCH3 is 1. The second-order valence-corrected chi connectivity index (χ2v) is 6.65. The van der Waals surface area contributed by atoms with Crippen LogP contribution in [0.5, 0.6) is 0 Å². The Morgan fingerprint density at radius 1 is 1.38 bits per heavy atom. The summed E-state index contributed by atoms with van der Waals surface area (Å²) in [6, 6.07) is 5.31. The lowest BCUT2D eigenvalue weighted by atomic mass is 10.2. The molecule has 0 heterocycles. The van der Waals surface area contributed by atoms with Crippen LogP contribution in [0.2, 0.25) is 0 Å². The first-order valence-corrected chi connectivity index (χ1v) is 7.71. The Morgan fingerprint density at radius 3 is 2.43 bits per heavy atom. The molecule has 1 rings (SSSR count). The van der Waals surface area contributed by atoms with E-state index < -0.39 is 21.1 Å². The fourth-order valence-corrected chi connectivity index (χ4v) is 2.92. The highest BCUT2D eigenvalue weighted by atomic mass is 32.2. The Balaban J connectivity index is 2.73. The number of non-ortho nitro benzene ring substituents is 1. The van der Waals surface area contributed by atoms with Crippen molar-refractivity contribution in [3.05, 3.63) is 39.9 Å². The molecule has 1 atom stereocenters. The number of likely N-dealkylation sites (N-methyl/N-ethyl adjacent to an activating group) is 1. The van der Waals surface area contributed by atoms with Crippen LogP contribution in [0, 0.1) is 10.1 Å². The van der Waals surface area contributed by atoms with Gasteiger partial charge in [0, 0.05) is 32.8 Å². The first-order valence-electron chi connectivity index (χ1n) is 6.10. The zero-order chi connectivity index (χ0) is 16.0. The fraction of sp³-hybridized carbons (Fsp3) is 0.500. The summed E-state index contributed by atoms with van der Waals surface area (Å²) >= 11 is 0. The average molecular weight is 318 g/mol. The second kappa shape index (κ2) is 7.46. The summed E-state index contributed by atoms with van der Waals surface area (Å²) in [6.45, 7) is -0.0411. The molecule has 1 N–H and O–H groups in total. The van der Waals surface area contributed by atoms with E-state index in [-0.39, 0.29) is 24.6 Å². The Hall–Kier alpha value is -1.55. The van der Waals surface area contributed by atoms with E-state index in [0.717, 1.165) is 4.31 Å². The molecule has 21 heavy (non-hydrogen) atoms. The lowest BCUT2D eigenvalue weighted by Gasteiger charge is -2.20. The van der Waals surface area contributed by atoms with Gasteiger partial charge in [-0.25, -0.2) is 12.7 Å². The van der Waals surface area contributed by atoms with Gasteiger partial charge < -0.3 is 9.84 Å². The van der Waals surface area contributed by atoms with Gasteiger partial charge in [-0.2, -0.15) is 0 Å². The van der Waals surface area contributed by atoms with Gasteiger partial charge in [0.25, 0.3) is 5.69 Å². The van der Waals surface area contributed by atoms with Crippen molar-refractivity contribution in [3.63, 3.8) is 0 Å². The van der Waals surface area contributed by atoms with Crippen LogP contribution >= 0.6 is 0 Å². The van der Waals surface area contributed by atoms with E-state index in [0.29, 0.717) is 5.56 Å². The topological polar surface area (TPSA) is 110 Å². The maximum absolute atomic E-state index is 12.1. The van der Waals surface area contributed by atoms with Crippen molar-refractivity contribution in [2.45, 2.75) is 11.9 Å². The summed E-state index contributed by atoms with van der Waals surface area (Å²) in [5.41, 5.74) is 0.341. The lowest BCUT2D eigenvalue weighted by molar-refractivity contribution is -0.384. The number of hydrogen-bond donors (Lipinski definition) is 1. The number of rotatable bonds is 8. The van der Waals surface area contributed by atoms with Gasteiger partial charge in [-0.1, -0.05) is 12.1 Å². The minimum Gasteiger partial charge on any atom is -0.389 e. The molecule has 1 aromatic carbocycles. The minimum absolute atomic E-state index is 0.0391. The molecule has 0 saturated heterocycles. The fourth-order valence-electron chi connectivity index (χ4n) is 1.69. The molecule has 9 heteroatoms. The highest BCUT2D eigenvalue weighted by molar-refractivity contribution is 7.88. The van der Waals surface area contributed by atoms with Gasteiger partial charge in [-0.3, -0.25) is 10.1 Å². The Labute approximate surface area is 123 Å². The monoisotopic (exact) mass is 318 g/mol. The smallest absolute Gasteiger partial charge is 0.269 e. The average Bonchev–Trinajstić information content (AvgIpc) is 2.39. The molecule has 0 saturated carbocycles. The third-order valence-electron chi connectivity index (χ3n) is 2.80. The molecule has 0 spiro atoms. The van der Waals surface area contributed by atoms with Crippen LogP contribution in [-0.4, -0.2) is 56.2 Å². The number of nitro groups is 1. The molecule has 0 aliphatic carbocycles. The van der Waals surface area contributed by atoms with E-state index in [1.54, 1.807) is 0 Å². The van der Waals surface area contributed by atoms with Crippen LogP contribution in [0.1, 0.15) is 5.56 Å². The molecule has 0 aliphatic rings. The molecule has 118 valence electrons. The Kier molecular flexibility index (Phi) is 6.21. The molecule has 0 radical (unpaired) electrons. The molecule has 0 aromatic heterocycles. The number of ether oxygens (including phenoxy) is 1. The second-order valence-electron chi connectivity index (χ2n) is 4.57. The standard InChI is InChI=1S/C12H18N2O6S/c1-13(7-12(15)8-20-2)21(18,19)9-10-3-5-11(6-4-10)14(16)17/h3-6,12,15H,7-9H2,1-2H3. The van der Waals surface area contributed by atoms with Crippen molar-refractivity contribution < 1.29 is 23.2 Å². The van der Waals surface area contributed by atoms with Gasteiger partial charge in [0.15, 0.2) is 0 Å².